The van der Waals surface area contributed by atoms with Crippen molar-refractivity contribution < 1.29 is 0 Å². The third kappa shape index (κ3) is 2.79. The predicted octanol–water partition coefficient (Wildman–Crippen LogP) is 2.87. The van der Waals surface area contributed by atoms with Crippen LogP contribution >= 0.6 is 11.6 Å². The first-order valence-corrected chi connectivity index (χ1v) is 6.34. The van der Waals surface area contributed by atoms with E-state index in [1.54, 1.807) is 50.4 Å². The lowest BCUT2D eigenvalue weighted by atomic mass is 10.1. The molecule has 0 unspecified atom stereocenters. The van der Waals surface area contributed by atoms with Crippen LogP contribution in [-0.2, 0) is 0 Å². The summed E-state index contributed by atoms with van der Waals surface area (Å²) in [4.78, 5) is 12.1. The van der Waals surface area contributed by atoms with Gasteiger partial charge < -0.3 is 0 Å². The van der Waals surface area contributed by atoms with Crippen LogP contribution in [0, 0.1) is 25.2 Å². The summed E-state index contributed by atoms with van der Waals surface area (Å²) in [6.07, 6.45) is 1.56. The lowest BCUT2D eigenvalue weighted by molar-refractivity contribution is 0.786. The third-order valence-corrected chi connectivity index (χ3v) is 3.12. The van der Waals surface area contributed by atoms with E-state index in [0.717, 1.165) is 5.56 Å². The molecule has 0 saturated heterocycles. The van der Waals surface area contributed by atoms with Crippen molar-refractivity contribution in [3.63, 3.8) is 0 Å². The highest BCUT2D eigenvalue weighted by Crippen LogP contribution is 2.08. The Hall–Kier alpha value is -2.38. The van der Waals surface area contributed by atoms with Crippen LogP contribution in [0.15, 0.2) is 40.2 Å². The molecule has 100 valence electrons. The number of hydrogen-bond donors (Lipinski definition) is 0. The second kappa shape index (κ2) is 5.72. The molecule has 0 atom stereocenters. The summed E-state index contributed by atoms with van der Waals surface area (Å²) in [5.41, 5.74) is 1.86. The highest BCUT2D eigenvalue weighted by molar-refractivity contribution is 6.30. The van der Waals surface area contributed by atoms with E-state index in [4.69, 9.17) is 16.9 Å². The Morgan fingerprint density at radius 3 is 2.55 bits per heavy atom. The average molecular weight is 286 g/mol. The minimum atomic E-state index is -0.407. The molecule has 2 rings (SSSR count). The van der Waals surface area contributed by atoms with Gasteiger partial charge in [-0.3, -0.25) is 4.79 Å². The second-order valence-electron chi connectivity index (χ2n) is 4.37. The maximum atomic E-state index is 12.1. The fourth-order valence-corrected chi connectivity index (χ4v) is 1.96. The van der Waals surface area contributed by atoms with Gasteiger partial charge in [0.2, 0.25) is 0 Å². The van der Waals surface area contributed by atoms with Gasteiger partial charge in [-0.25, -0.2) is 4.68 Å². The lowest BCUT2D eigenvalue weighted by Crippen LogP contribution is -2.22. The summed E-state index contributed by atoms with van der Waals surface area (Å²) in [6, 6.07) is 10.8. The molecule has 0 aliphatic carbocycles. The van der Waals surface area contributed by atoms with Crippen LogP contribution in [0.1, 0.15) is 22.4 Å². The molecule has 1 aromatic heterocycles. The van der Waals surface area contributed by atoms with E-state index in [0.29, 0.717) is 16.3 Å². The first-order valence-electron chi connectivity index (χ1n) is 5.96. The Morgan fingerprint density at radius 1 is 1.30 bits per heavy atom. The first-order chi connectivity index (χ1) is 9.52. The van der Waals surface area contributed by atoms with Crippen molar-refractivity contribution in [1.82, 2.24) is 4.68 Å². The molecule has 1 aromatic carbocycles. The molecule has 0 saturated carbocycles. The van der Waals surface area contributed by atoms with Crippen LogP contribution in [0.5, 0.6) is 0 Å². The highest BCUT2D eigenvalue weighted by Gasteiger charge is 2.08. The predicted molar refractivity (Wildman–Crippen MR) is 79.3 cm³/mol. The Labute approximate surface area is 121 Å². The molecule has 0 amide bonds. The number of nitrogens with zero attached hydrogens (tertiary/aromatic N) is 3. The molecule has 5 heteroatoms. The van der Waals surface area contributed by atoms with Crippen molar-refractivity contribution in [3.8, 4) is 6.07 Å². The van der Waals surface area contributed by atoms with Gasteiger partial charge in [0.25, 0.3) is 5.56 Å². The zero-order valence-corrected chi connectivity index (χ0v) is 11.8. The monoisotopic (exact) mass is 285 g/mol. The van der Waals surface area contributed by atoms with Crippen LogP contribution in [0.2, 0.25) is 5.02 Å². The molecule has 0 fully saturated rings. The largest absolute Gasteiger partial charge is 0.289 e. The van der Waals surface area contributed by atoms with E-state index < -0.39 is 5.56 Å². The van der Waals surface area contributed by atoms with E-state index >= 15 is 0 Å². The van der Waals surface area contributed by atoms with E-state index in [9.17, 15) is 4.79 Å². The summed E-state index contributed by atoms with van der Waals surface area (Å²) in [7, 11) is 0. The van der Waals surface area contributed by atoms with Crippen LogP contribution in [0.4, 0.5) is 0 Å². The van der Waals surface area contributed by atoms with Crippen molar-refractivity contribution in [3.05, 3.63) is 68.1 Å². The molecule has 0 radical (unpaired) electrons. The Balaban J connectivity index is 2.47. The zero-order valence-electron chi connectivity index (χ0n) is 11.1. The second-order valence-corrected chi connectivity index (χ2v) is 4.81. The van der Waals surface area contributed by atoms with Gasteiger partial charge in [0, 0.05) is 10.7 Å². The number of benzene rings is 1. The van der Waals surface area contributed by atoms with Gasteiger partial charge in [-0.2, -0.15) is 10.4 Å². The molecule has 1 heterocycles. The average Bonchev–Trinajstić information content (AvgIpc) is 2.40. The summed E-state index contributed by atoms with van der Waals surface area (Å²) in [6.45, 7) is 3.51. The Bertz CT molecular complexity index is 767. The molecule has 20 heavy (non-hydrogen) atoms. The van der Waals surface area contributed by atoms with Crippen molar-refractivity contribution >= 4 is 17.8 Å². The number of pyridine rings is 1. The highest BCUT2D eigenvalue weighted by atomic mass is 35.5. The number of nitriles is 1. The van der Waals surface area contributed by atoms with Gasteiger partial charge >= 0.3 is 0 Å². The standard InChI is InChI=1S/C15H12ClN3O/c1-10-7-11(2)19(15(20)14(10)8-17)18-9-12-3-5-13(16)6-4-12/h3-7,9H,1-2H3/b18-9-. The van der Waals surface area contributed by atoms with E-state index in [1.807, 2.05) is 6.07 Å². The Morgan fingerprint density at radius 2 is 1.95 bits per heavy atom. The molecule has 0 aliphatic rings. The topological polar surface area (TPSA) is 58.1 Å². The number of aromatic nitrogens is 1. The maximum absolute atomic E-state index is 12.1. The fourth-order valence-electron chi connectivity index (χ4n) is 1.83. The van der Waals surface area contributed by atoms with E-state index in [1.165, 1.54) is 4.68 Å². The summed E-state index contributed by atoms with van der Waals surface area (Å²) >= 11 is 5.80. The number of hydrogen-bond acceptors (Lipinski definition) is 3. The quantitative estimate of drug-likeness (QED) is 0.797. The summed E-state index contributed by atoms with van der Waals surface area (Å²) in [5.74, 6) is 0. The van der Waals surface area contributed by atoms with Crippen LogP contribution in [-0.4, -0.2) is 10.9 Å². The Kier molecular flexibility index (Phi) is 4.02. The maximum Gasteiger partial charge on any atom is 0.289 e. The third-order valence-electron chi connectivity index (χ3n) is 2.86. The van der Waals surface area contributed by atoms with Gasteiger partial charge in [-0.1, -0.05) is 23.7 Å². The van der Waals surface area contributed by atoms with E-state index in [-0.39, 0.29) is 5.56 Å². The first kappa shape index (κ1) is 14.0. The van der Waals surface area contributed by atoms with Crippen LogP contribution in [0.25, 0.3) is 0 Å². The lowest BCUT2D eigenvalue weighted by Gasteiger charge is -2.06. The van der Waals surface area contributed by atoms with Gasteiger partial charge in [0.05, 0.1) is 6.21 Å². The smallest absolute Gasteiger partial charge is 0.266 e. The molecule has 0 aliphatic heterocycles. The van der Waals surface area contributed by atoms with Gasteiger partial charge in [0.1, 0.15) is 11.6 Å². The van der Waals surface area contributed by atoms with Crippen molar-refractivity contribution in [2.75, 3.05) is 0 Å². The van der Waals surface area contributed by atoms with Crippen LogP contribution in [0.3, 0.4) is 0 Å². The van der Waals surface area contributed by atoms with Crippen molar-refractivity contribution in [2.45, 2.75) is 13.8 Å². The molecule has 0 bridgehead atoms. The minimum Gasteiger partial charge on any atom is -0.266 e. The molecular formula is C15H12ClN3O. The van der Waals surface area contributed by atoms with Gasteiger partial charge in [-0.05, 0) is 43.2 Å². The number of halogens is 1. The number of rotatable bonds is 2. The van der Waals surface area contributed by atoms with Gasteiger partial charge in [0.15, 0.2) is 0 Å². The zero-order chi connectivity index (χ0) is 14.7. The van der Waals surface area contributed by atoms with Crippen LogP contribution < -0.4 is 5.56 Å². The number of aryl methyl sites for hydroxylation is 2. The molecule has 4 nitrogen and oxygen atoms in total. The van der Waals surface area contributed by atoms with Crippen molar-refractivity contribution in [2.24, 2.45) is 5.10 Å². The molecule has 0 spiro atoms. The fraction of sp³-hybridized carbons (Fsp3) is 0.133. The summed E-state index contributed by atoms with van der Waals surface area (Å²) in [5, 5.41) is 13.8. The summed E-state index contributed by atoms with van der Waals surface area (Å²) < 4.78 is 1.22. The molecule has 2 aromatic rings. The normalized spacial score (nSPS) is 10.7. The molecule has 0 N–H and O–H groups in total. The minimum absolute atomic E-state index is 0.115. The van der Waals surface area contributed by atoms with E-state index in [2.05, 4.69) is 5.10 Å². The van der Waals surface area contributed by atoms with Gasteiger partial charge in [-0.15, -0.1) is 0 Å². The SMILES string of the molecule is Cc1cc(C)n(/N=C\c2ccc(Cl)cc2)c(=O)c1C#N. The molecular weight excluding hydrogens is 274 g/mol. The van der Waals surface area contributed by atoms with Crippen molar-refractivity contribution in [1.29, 1.82) is 5.26 Å².